The van der Waals surface area contributed by atoms with Gasteiger partial charge < -0.3 is 10.2 Å². The summed E-state index contributed by atoms with van der Waals surface area (Å²) in [6.07, 6.45) is 3.65. The van der Waals surface area contributed by atoms with Crippen LogP contribution in [0.4, 0.5) is 10.1 Å². The fraction of sp³-hybridized carbons (Fsp3) is 0.500. The zero-order chi connectivity index (χ0) is 15.7. The first kappa shape index (κ1) is 17.1. The average molecular weight is 294 g/mol. The number of halogens is 1. The van der Waals surface area contributed by atoms with E-state index in [0.717, 1.165) is 25.7 Å². The summed E-state index contributed by atoms with van der Waals surface area (Å²) >= 11 is 0. The molecule has 0 aliphatic heterocycles. The van der Waals surface area contributed by atoms with Crippen molar-refractivity contribution in [3.63, 3.8) is 0 Å². The van der Waals surface area contributed by atoms with Crippen molar-refractivity contribution in [2.45, 2.75) is 39.5 Å². The average Bonchev–Trinajstić information content (AvgIpc) is 2.47. The van der Waals surface area contributed by atoms with Gasteiger partial charge in [-0.1, -0.05) is 32.8 Å². The topological polar surface area (TPSA) is 49.4 Å². The maximum atomic E-state index is 13.1. The number of carbonyl (C=O) groups excluding carboxylic acids is 2. The smallest absolute Gasteiger partial charge is 0.313 e. The molecule has 5 heteroatoms. The highest BCUT2D eigenvalue weighted by molar-refractivity contribution is 6.39. The quantitative estimate of drug-likeness (QED) is 0.785. The molecule has 0 aliphatic rings. The number of hydrogen-bond donors (Lipinski definition) is 1. The van der Waals surface area contributed by atoms with Crippen LogP contribution in [-0.4, -0.2) is 29.8 Å². The molecular weight excluding hydrogens is 271 g/mol. The van der Waals surface area contributed by atoms with E-state index in [9.17, 15) is 14.0 Å². The molecule has 21 heavy (non-hydrogen) atoms. The van der Waals surface area contributed by atoms with Crippen molar-refractivity contribution in [2.24, 2.45) is 0 Å². The van der Waals surface area contributed by atoms with E-state index in [1.807, 2.05) is 13.8 Å². The number of unbranched alkanes of at least 4 members (excludes halogenated alkanes) is 2. The Morgan fingerprint density at radius 1 is 1.14 bits per heavy atom. The summed E-state index contributed by atoms with van der Waals surface area (Å²) in [5.74, 6) is -1.72. The van der Waals surface area contributed by atoms with E-state index >= 15 is 0 Å². The second-order valence-electron chi connectivity index (χ2n) is 4.96. The Kier molecular flexibility index (Phi) is 7.43. The second kappa shape index (κ2) is 9.10. The standard InChI is InChI=1S/C16H23FN2O2/c1-3-5-10-19(11-6-4-2)16(21)15(20)18-14-9-7-8-13(17)12-14/h7-9,12H,3-6,10-11H2,1-2H3,(H,18,20). The summed E-state index contributed by atoms with van der Waals surface area (Å²) in [5.41, 5.74) is 0.291. The Morgan fingerprint density at radius 3 is 2.29 bits per heavy atom. The maximum Gasteiger partial charge on any atom is 0.313 e. The SMILES string of the molecule is CCCCN(CCCC)C(=O)C(=O)Nc1cccc(F)c1. The van der Waals surface area contributed by atoms with Crippen LogP contribution in [0.1, 0.15) is 39.5 Å². The number of nitrogens with one attached hydrogen (secondary N) is 1. The summed E-state index contributed by atoms with van der Waals surface area (Å²) in [5, 5.41) is 2.45. The highest BCUT2D eigenvalue weighted by Crippen LogP contribution is 2.09. The van der Waals surface area contributed by atoms with Crippen LogP contribution in [-0.2, 0) is 9.59 Å². The minimum Gasteiger partial charge on any atom is -0.334 e. The summed E-state index contributed by atoms with van der Waals surface area (Å²) in [6.45, 7) is 5.22. The molecule has 0 saturated carbocycles. The molecule has 0 bridgehead atoms. The highest BCUT2D eigenvalue weighted by Gasteiger charge is 2.21. The predicted molar refractivity (Wildman–Crippen MR) is 81.4 cm³/mol. The van der Waals surface area contributed by atoms with Crippen molar-refractivity contribution in [3.05, 3.63) is 30.1 Å². The van der Waals surface area contributed by atoms with Crippen molar-refractivity contribution < 1.29 is 14.0 Å². The number of benzene rings is 1. The number of carbonyl (C=O) groups is 2. The number of nitrogens with zero attached hydrogens (tertiary/aromatic N) is 1. The molecule has 1 aromatic rings. The molecule has 1 aromatic carbocycles. The lowest BCUT2D eigenvalue weighted by Gasteiger charge is -2.21. The first-order valence-electron chi connectivity index (χ1n) is 7.44. The number of rotatable bonds is 7. The molecule has 0 spiro atoms. The summed E-state index contributed by atoms with van der Waals surface area (Å²) in [4.78, 5) is 25.7. The zero-order valence-corrected chi connectivity index (χ0v) is 12.7. The lowest BCUT2D eigenvalue weighted by Crippen LogP contribution is -2.40. The maximum absolute atomic E-state index is 13.1. The van der Waals surface area contributed by atoms with Gasteiger partial charge in [0.15, 0.2) is 0 Å². The molecule has 0 radical (unpaired) electrons. The summed E-state index contributed by atoms with van der Waals surface area (Å²) < 4.78 is 13.1. The lowest BCUT2D eigenvalue weighted by atomic mass is 10.2. The Balaban J connectivity index is 2.65. The fourth-order valence-corrected chi connectivity index (χ4v) is 1.91. The van der Waals surface area contributed by atoms with Crippen LogP contribution in [0, 0.1) is 5.82 Å². The molecule has 0 heterocycles. The summed E-state index contributed by atoms with van der Waals surface area (Å²) in [7, 11) is 0. The van der Waals surface area contributed by atoms with E-state index < -0.39 is 17.6 Å². The number of hydrogen-bond acceptors (Lipinski definition) is 2. The van der Waals surface area contributed by atoms with Gasteiger partial charge in [-0.2, -0.15) is 0 Å². The van der Waals surface area contributed by atoms with Gasteiger partial charge in [-0.25, -0.2) is 4.39 Å². The largest absolute Gasteiger partial charge is 0.334 e. The van der Waals surface area contributed by atoms with Crippen LogP contribution in [0.5, 0.6) is 0 Å². The normalized spacial score (nSPS) is 10.2. The number of anilines is 1. The van der Waals surface area contributed by atoms with Crippen molar-refractivity contribution in [1.29, 1.82) is 0 Å². The highest BCUT2D eigenvalue weighted by atomic mass is 19.1. The van der Waals surface area contributed by atoms with E-state index in [0.29, 0.717) is 18.8 Å². The molecule has 0 unspecified atom stereocenters. The number of amides is 2. The Bertz CT molecular complexity index is 469. The minimum absolute atomic E-state index is 0.291. The van der Waals surface area contributed by atoms with Crippen molar-refractivity contribution in [2.75, 3.05) is 18.4 Å². The molecule has 116 valence electrons. The van der Waals surface area contributed by atoms with Crippen LogP contribution < -0.4 is 5.32 Å². The van der Waals surface area contributed by atoms with Crippen molar-refractivity contribution in [3.8, 4) is 0 Å². The Hall–Kier alpha value is -1.91. The molecule has 0 fully saturated rings. The predicted octanol–water partition coefficient (Wildman–Crippen LogP) is 3.19. The van der Waals surface area contributed by atoms with Gasteiger partial charge in [0.25, 0.3) is 0 Å². The molecule has 4 nitrogen and oxygen atoms in total. The fourth-order valence-electron chi connectivity index (χ4n) is 1.91. The second-order valence-corrected chi connectivity index (χ2v) is 4.96. The van der Waals surface area contributed by atoms with E-state index in [4.69, 9.17) is 0 Å². The zero-order valence-electron chi connectivity index (χ0n) is 12.7. The molecular formula is C16H23FN2O2. The van der Waals surface area contributed by atoms with Crippen LogP contribution in [0.15, 0.2) is 24.3 Å². The molecule has 1 N–H and O–H groups in total. The van der Waals surface area contributed by atoms with Crippen LogP contribution in [0.2, 0.25) is 0 Å². The monoisotopic (exact) mass is 294 g/mol. The van der Waals surface area contributed by atoms with E-state index in [1.165, 1.54) is 18.2 Å². The molecule has 0 atom stereocenters. The van der Waals surface area contributed by atoms with E-state index in [2.05, 4.69) is 5.32 Å². The third-order valence-electron chi connectivity index (χ3n) is 3.13. The Labute approximate surface area is 125 Å². The van der Waals surface area contributed by atoms with Gasteiger partial charge in [0, 0.05) is 18.8 Å². The molecule has 2 amide bonds. The Morgan fingerprint density at radius 2 is 1.76 bits per heavy atom. The van der Waals surface area contributed by atoms with Crippen molar-refractivity contribution >= 4 is 17.5 Å². The third-order valence-corrected chi connectivity index (χ3v) is 3.13. The third kappa shape index (κ3) is 5.94. The molecule has 1 rings (SSSR count). The molecule has 0 aliphatic carbocycles. The van der Waals surface area contributed by atoms with Crippen LogP contribution in [0.25, 0.3) is 0 Å². The van der Waals surface area contributed by atoms with Gasteiger partial charge in [-0.05, 0) is 31.0 Å². The van der Waals surface area contributed by atoms with Gasteiger partial charge in [-0.15, -0.1) is 0 Å². The van der Waals surface area contributed by atoms with Crippen LogP contribution >= 0.6 is 0 Å². The minimum atomic E-state index is -0.715. The summed E-state index contributed by atoms with van der Waals surface area (Å²) in [6, 6.07) is 5.51. The van der Waals surface area contributed by atoms with Gasteiger partial charge in [0.05, 0.1) is 0 Å². The first-order valence-corrected chi connectivity index (χ1v) is 7.44. The van der Waals surface area contributed by atoms with E-state index in [-0.39, 0.29) is 0 Å². The van der Waals surface area contributed by atoms with Gasteiger partial charge in [-0.3, -0.25) is 9.59 Å². The van der Waals surface area contributed by atoms with Gasteiger partial charge in [0.2, 0.25) is 0 Å². The lowest BCUT2D eigenvalue weighted by molar-refractivity contribution is -0.143. The van der Waals surface area contributed by atoms with E-state index in [1.54, 1.807) is 11.0 Å². The first-order chi connectivity index (χ1) is 10.1. The molecule has 0 aromatic heterocycles. The van der Waals surface area contributed by atoms with Gasteiger partial charge in [0.1, 0.15) is 5.82 Å². The van der Waals surface area contributed by atoms with Gasteiger partial charge >= 0.3 is 11.8 Å². The molecule has 0 saturated heterocycles. The van der Waals surface area contributed by atoms with Crippen molar-refractivity contribution in [1.82, 2.24) is 4.90 Å². The van der Waals surface area contributed by atoms with Crippen LogP contribution in [0.3, 0.4) is 0 Å².